The highest BCUT2D eigenvalue weighted by atomic mass is 16.5. The van der Waals surface area contributed by atoms with Crippen LogP contribution in [0.4, 0.5) is 0 Å². The molecular formula is C21H25N3O3. The zero-order valence-electron chi connectivity index (χ0n) is 16.3. The summed E-state index contributed by atoms with van der Waals surface area (Å²) in [4.78, 5) is 16.2. The lowest BCUT2D eigenvalue weighted by Crippen LogP contribution is -2.09. The van der Waals surface area contributed by atoms with Crippen LogP contribution >= 0.6 is 0 Å². The lowest BCUT2D eigenvalue weighted by Gasteiger charge is -2.12. The van der Waals surface area contributed by atoms with Crippen LogP contribution in [-0.2, 0) is 4.74 Å². The predicted octanol–water partition coefficient (Wildman–Crippen LogP) is 4.11. The standard InChI is InChI=1S/C19H19N3O3.C2H6/c1-12-4-6-14(7-5-12)15-8-16(19(24)25-3)10-17(9-15)22-18(13(2)23)20-11-21-22;1-2/h4-11,13,23H,1-3H3;1-2H3. The Kier molecular flexibility index (Phi) is 6.85. The second kappa shape index (κ2) is 9.09. The minimum absolute atomic E-state index is 0.400. The van der Waals surface area contributed by atoms with E-state index in [1.54, 1.807) is 19.1 Å². The molecule has 1 heterocycles. The second-order valence-electron chi connectivity index (χ2n) is 5.83. The van der Waals surface area contributed by atoms with Crippen molar-refractivity contribution in [2.45, 2.75) is 33.8 Å². The molecule has 142 valence electrons. The van der Waals surface area contributed by atoms with Gasteiger partial charge in [-0.05, 0) is 43.2 Å². The maximum absolute atomic E-state index is 12.1. The lowest BCUT2D eigenvalue weighted by molar-refractivity contribution is 0.0600. The number of aliphatic hydroxyl groups is 1. The predicted molar refractivity (Wildman–Crippen MR) is 105 cm³/mol. The average Bonchev–Trinajstić information content (AvgIpc) is 3.19. The van der Waals surface area contributed by atoms with Gasteiger partial charge in [0.1, 0.15) is 12.4 Å². The Morgan fingerprint density at radius 3 is 2.37 bits per heavy atom. The second-order valence-corrected chi connectivity index (χ2v) is 5.83. The van der Waals surface area contributed by atoms with Gasteiger partial charge in [0, 0.05) is 0 Å². The fourth-order valence-electron chi connectivity index (χ4n) is 2.62. The number of carbonyl (C=O) groups is 1. The van der Waals surface area contributed by atoms with Gasteiger partial charge in [-0.15, -0.1) is 0 Å². The molecule has 1 aromatic heterocycles. The highest BCUT2D eigenvalue weighted by molar-refractivity contribution is 5.92. The van der Waals surface area contributed by atoms with Crippen LogP contribution in [0.2, 0.25) is 0 Å². The topological polar surface area (TPSA) is 77.2 Å². The van der Waals surface area contributed by atoms with Crippen molar-refractivity contribution in [2.75, 3.05) is 7.11 Å². The number of aryl methyl sites for hydroxylation is 1. The van der Waals surface area contributed by atoms with Gasteiger partial charge in [-0.2, -0.15) is 5.10 Å². The third-order valence-corrected chi connectivity index (χ3v) is 3.92. The van der Waals surface area contributed by atoms with Crippen molar-refractivity contribution in [3.63, 3.8) is 0 Å². The summed E-state index contributed by atoms with van der Waals surface area (Å²) in [5, 5.41) is 14.1. The van der Waals surface area contributed by atoms with Crippen LogP contribution in [0.25, 0.3) is 16.8 Å². The van der Waals surface area contributed by atoms with E-state index in [0.717, 1.165) is 16.7 Å². The van der Waals surface area contributed by atoms with Gasteiger partial charge in [-0.1, -0.05) is 43.7 Å². The normalized spacial score (nSPS) is 11.3. The lowest BCUT2D eigenvalue weighted by atomic mass is 10.0. The third-order valence-electron chi connectivity index (χ3n) is 3.92. The maximum atomic E-state index is 12.1. The molecule has 1 atom stereocenters. The molecule has 27 heavy (non-hydrogen) atoms. The van der Waals surface area contributed by atoms with Crippen LogP contribution in [0.3, 0.4) is 0 Å². The molecule has 0 fully saturated rings. The molecule has 0 saturated carbocycles. The quantitative estimate of drug-likeness (QED) is 0.702. The number of benzene rings is 2. The van der Waals surface area contributed by atoms with Crippen LogP contribution in [0.15, 0.2) is 48.8 Å². The first-order valence-electron chi connectivity index (χ1n) is 8.88. The highest BCUT2D eigenvalue weighted by Crippen LogP contribution is 2.26. The van der Waals surface area contributed by atoms with E-state index in [9.17, 15) is 9.90 Å². The molecule has 1 unspecified atom stereocenters. The Balaban J connectivity index is 0.00000126. The zero-order valence-corrected chi connectivity index (χ0v) is 16.3. The first kappa shape index (κ1) is 20.3. The molecule has 3 rings (SSSR count). The van der Waals surface area contributed by atoms with Gasteiger partial charge in [-0.25, -0.2) is 14.5 Å². The van der Waals surface area contributed by atoms with Gasteiger partial charge < -0.3 is 9.84 Å². The first-order valence-corrected chi connectivity index (χ1v) is 8.88. The van der Waals surface area contributed by atoms with Crippen molar-refractivity contribution in [1.29, 1.82) is 0 Å². The van der Waals surface area contributed by atoms with E-state index in [2.05, 4.69) is 10.1 Å². The number of aromatic nitrogens is 3. The van der Waals surface area contributed by atoms with E-state index in [1.807, 2.05) is 51.1 Å². The Bertz CT molecular complexity index is 899. The SMILES string of the molecule is CC.COC(=O)c1cc(-c2ccc(C)cc2)cc(-n2ncnc2C(C)O)c1. The van der Waals surface area contributed by atoms with E-state index < -0.39 is 12.1 Å². The Labute approximate surface area is 159 Å². The monoisotopic (exact) mass is 367 g/mol. The number of hydrogen-bond donors (Lipinski definition) is 1. The smallest absolute Gasteiger partial charge is 0.337 e. The van der Waals surface area contributed by atoms with E-state index in [1.165, 1.54) is 18.1 Å². The summed E-state index contributed by atoms with van der Waals surface area (Å²) in [7, 11) is 1.34. The van der Waals surface area contributed by atoms with E-state index in [-0.39, 0.29) is 0 Å². The maximum Gasteiger partial charge on any atom is 0.337 e. The summed E-state index contributed by atoms with van der Waals surface area (Å²) in [5.74, 6) is -0.0363. The Morgan fingerprint density at radius 1 is 1.11 bits per heavy atom. The van der Waals surface area contributed by atoms with Gasteiger partial charge in [0.2, 0.25) is 0 Å². The molecule has 1 N–H and O–H groups in total. The molecule has 0 spiro atoms. The summed E-state index contributed by atoms with van der Waals surface area (Å²) in [6.45, 7) is 7.63. The molecule has 0 amide bonds. The minimum atomic E-state index is -0.785. The van der Waals surface area contributed by atoms with Gasteiger partial charge in [-0.3, -0.25) is 0 Å². The molecule has 0 aliphatic heterocycles. The van der Waals surface area contributed by atoms with Crippen molar-refractivity contribution in [3.8, 4) is 16.8 Å². The van der Waals surface area contributed by atoms with Crippen molar-refractivity contribution in [1.82, 2.24) is 14.8 Å². The van der Waals surface area contributed by atoms with E-state index in [4.69, 9.17) is 4.74 Å². The summed E-state index contributed by atoms with van der Waals surface area (Å²) in [5.41, 5.74) is 4.01. The molecule has 0 radical (unpaired) electrons. The summed E-state index contributed by atoms with van der Waals surface area (Å²) in [6.07, 6.45) is 0.588. The van der Waals surface area contributed by atoms with Crippen LogP contribution in [-0.4, -0.2) is 33.0 Å². The van der Waals surface area contributed by atoms with Crippen LogP contribution in [0, 0.1) is 6.92 Å². The molecule has 3 aromatic rings. The fraction of sp³-hybridized carbons (Fsp3) is 0.286. The molecular weight excluding hydrogens is 342 g/mol. The number of hydrogen-bond acceptors (Lipinski definition) is 5. The summed E-state index contributed by atoms with van der Waals surface area (Å²) in [6, 6.07) is 13.4. The number of nitrogens with zero attached hydrogens (tertiary/aromatic N) is 3. The van der Waals surface area contributed by atoms with Crippen LogP contribution < -0.4 is 0 Å². The first-order chi connectivity index (χ1) is 13.0. The number of esters is 1. The number of rotatable bonds is 4. The number of carbonyl (C=O) groups excluding carboxylic acids is 1. The highest BCUT2D eigenvalue weighted by Gasteiger charge is 2.16. The largest absolute Gasteiger partial charge is 0.465 e. The van der Waals surface area contributed by atoms with Crippen LogP contribution in [0.5, 0.6) is 0 Å². The summed E-state index contributed by atoms with van der Waals surface area (Å²) < 4.78 is 6.39. The molecule has 0 aliphatic carbocycles. The molecule has 2 aromatic carbocycles. The third kappa shape index (κ3) is 4.60. The van der Waals surface area contributed by atoms with Crippen molar-refractivity contribution >= 4 is 5.97 Å². The Morgan fingerprint density at radius 2 is 1.78 bits per heavy atom. The summed E-state index contributed by atoms with van der Waals surface area (Å²) >= 11 is 0. The van der Waals surface area contributed by atoms with Crippen molar-refractivity contribution < 1.29 is 14.6 Å². The van der Waals surface area contributed by atoms with E-state index >= 15 is 0 Å². The number of aliphatic hydroxyl groups excluding tert-OH is 1. The molecule has 0 saturated heterocycles. The average molecular weight is 367 g/mol. The van der Waals surface area contributed by atoms with Crippen molar-refractivity contribution in [3.05, 3.63) is 65.7 Å². The fourth-order valence-corrected chi connectivity index (χ4v) is 2.62. The van der Waals surface area contributed by atoms with Gasteiger partial charge >= 0.3 is 5.97 Å². The number of methoxy groups -OCH3 is 1. The molecule has 6 heteroatoms. The molecule has 0 bridgehead atoms. The van der Waals surface area contributed by atoms with Gasteiger partial charge in [0.05, 0.1) is 18.4 Å². The molecule has 0 aliphatic rings. The molecule has 6 nitrogen and oxygen atoms in total. The van der Waals surface area contributed by atoms with Gasteiger partial charge in [0.25, 0.3) is 0 Å². The Hall–Kier alpha value is -2.99. The van der Waals surface area contributed by atoms with Gasteiger partial charge in [0.15, 0.2) is 5.82 Å². The van der Waals surface area contributed by atoms with Crippen molar-refractivity contribution in [2.24, 2.45) is 0 Å². The van der Waals surface area contributed by atoms with Crippen LogP contribution in [0.1, 0.15) is 48.6 Å². The minimum Gasteiger partial charge on any atom is -0.465 e. The number of ether oxygens (including phenoxy) is 1. The van der Waals surface area contributed by atoms with E-state index in [0.29, 0.717) is 17.1 Å². The zero-order chi connectivity index (χ0) is 20.0.